The lowest BCUT2D eigenvalue weighted by atomic mass is 10.1. The lowest BCUT2D eigenvalue weighted by Crippen LogP contribution is -2.28. The summed E-state index contributed by atoms with van der Waals surface area (Å²) in [4.78, 5) is 3.78. The van der Waals surface area contributed by atoms with Crippen LogP contribution in [0.2, 0.25) is 5.02 Å². The van der Waals surface area contributed by atoms with Gasteiger partial charge in [0, 0.05) is 16.8 Å². The van der Waals surface area contributed by atoms with Crippen LogP contribution in [0.3, 0.4) is 0 Å². The van der Waals surface area contributed by atoms with Crippen molar-refractivity contribution in [1.29, 1.82) is 0 Å². The number of halogens is 2. The molecule has 0 aliphatic rings. The summed E-state index contributed by atoms with van der Waals surface area (Å²) in [5.74, 6) is 0.378. The summed E-state index contributed by atoms with van der Waals surface area (Å²) in [6, 6.07) is 8.57. The van der Waals surface area contributed by atoms with Gasteiger partial charge in [-0.05, 0) is 43.3 Å². The predicted molar refractivity (Wildman–Crippen MR) is 82.2 cm³/mol. The maximum Gasteiger partial charge on any atom is 0.146 e. The quantitative estimate of drug-likeness (QED) is 0.839. The van der Waals surface area contributed by atoms with Crippen molar-refractivity contribution in [2.24, 2.45) is 0 Å². The molecule has 0 bridgehead atoms. The van der Waals surface area contributed by atoms with E-state index in [0.29, 0.717) is 22.9 Å². The highest BCUT2D eigenvalue weighted by Crippen LogP contribution is 2.20. The molecule has 0 aliphatic carbocycles. The van der Waals surface area contributed by atoms with E-state index in [0.717, 1.165) is 13.0 Å². The monoisotopic (exact) mass is 308 g/mol. The van der Waals surface area contributed by atoms with Crippen LogP contribution in [-0.2, 0) is 0 Å². The van der Waals surface area contributed by atoms with Crippen molar-refractivity contribution in [3.63, 3.8) is 0 Å². The minimum atomic E-state index is -0.328. The second kappa shape index (κ2) is 7.96. The molecular weight excluding hydrogens is 291 g/mol. The summed E-state index contributed by atoms with van der Waals surface area (Å²) in [5.41, 5.74) is 0.562. The molecule has 0 amide bonds. The first kappa shape index (κ1) is 15.7. The Morgan fingerprint density at radius 2 is 2.05 bits per heavy atom. The molecule has 21 heavy (non-hydrogen) atoms. The van der Waals surface area contributed by atoms with Gasteiger partial charge in [-0.25, -0.2) is 4.39 Å². The molecule has 0 saturated heterocycles. The van der Waals surface area contributed by atoms with Crippen LogP contribution in [0.25, 0.3) is 0 Å². The number of hydrogen-bond donors (Lipinski definition) is 1. The Hall–Kier alpha value is -1.65. The van der Waals surface area contributed by atoms with Crippen molar-refractivity contribution < 1.29 is 9.13 Å². The second-order valence-corrected chi connectivity index (χ2v) is 5.11. The van der Waals surface area contributed by atoms with Gasteiger partial charge in [0.1, 0.15) is 18.2 Å². The Labute approximate surface area is 129 Å². The molecular formula is C16H18ClFN2O. The first-order valence-electron chi connectivity index (χ1n) is 6.92. The Morgan fingerprint density at radius 3 is 2.71 bits per heavy atom. The molecule has 0 aliphatic heterocycles. The molecule has 0 fully saturated rings. The van der Waals surface area contributed by atoms with Crippen LogP contribution in [0.1, 0.15) is 24.9 Å². The molecule has 1 aromatic heterocycles. The van der Waals surface area contributed by atoms with Gasteiger partial charge in [-0.1, -0.05) is 18.5 Å². The number of hydrogen-bond acceptors (Lipinski definition) is 3. The Kier molecular flexibility index (Phi) is 5.96. The Morgan fingerprint density at radius 1 is 1.29 bits per heavy atom. The molecule has 3 nitrogen and oxygen atoms in total. The normalized spacial score (nSPS) is 12.1. The van der Waals surface area contributed by atoms with Crippen molar-refractivity contribution in [2.75, 3.05) is 13.2 Å². The topological polar surface area (TPSA) is 34.1 Å². The third-order valence-electron chi connectivity index (χ3n) is 3.05. The van der Waals surface area contributed by atoms with E-state index in [4.69, 9.17) is 16.3 Å². The lowest BCUT2D eigenvalue weighted by molar-refractivity contribution is 0.263. The molecule has 2 rings (SSSR count). The Bertz CT molecular complexity index is 562. The number of rotatable bonds is 7. The van der Waals surface area contributed by atoms with E-state index in [2.05, 4.69) is 17.2 Å². The molecule has 0 saturated carbocycles. The SMILES string of the molecule is CCCNC(COc1ccc(Cl)cc1)c1ccncc1F. The summed E-state index contributed by atoms with van der Waals surface area (Å²) in [5, 5.41) is 3.95. The van der Waals surface area contributed by atoms with E-state index in [9.17, 15) is 4.39 Å². The van der Waals surface area contributed by atoms with Crippen molar-refractivity contribution in [3.05, 3.63) is 59.1 Å². The first-order valence-corrected chi connectivity index (χ1v) is 7.29. The molecule has 1 N–H and O–H groups in total. The summed E-state index contributed by atoms with van der Waals surface area (Å²) in [6.45, 7) is 3.19. The van der Waals surface area contributed by atoms with Crippen molar-refractivity contribution in [2.45, 2.75) is 19.4 Å². The number of ether oxygens (including phenoxy) is 1. The number of benzene rings is 1. The van der Waals surface area contributed by atoms with Crippen LogP contribution in [0.4, 0.5) is 4.39 Å². The summed E-state index contributed by atoms with van der Waals surface area (Å²) < 4.78 is 19.6. The van der Waals surface area contributed by atoms with Gasteiger partial charge in [0.05, 0.1) is 12.2 Å². The van der Waals surface area contributed by atoms with Crippen LogP contribution in [0, 0.1) is 5.82 Å². The molecule has 112 valence electrons. The third-order valence-corrected chi connectivity index (χ3v) is 3.30. The highest BCUT2D eigenvalue weighted by atomic mass is 35.5. The smallest absolute Gasteiger partial charge is 0.146 e. The maximum atomic E-state index is 13.9. The van der Waals surface area contributed by atoms with E-state index in [1.165, 1.54) is 6.20 Å². The predicted octanol–water partition coefficient (Wildman–Crippen LogP) is 3.99. The van der Waals surface area contributed by atoms with Crippen LogP contribution < -0.4 is 10.1 Å². The summed E-state index contributed by atoms with van der Waals surface area (Å²) in [7, 11) is 0. The lowest BCUT2D eigenvalue weighted by Gasteiger charge is -2.20. The summed E-state index contributed by atoms with van der Waals surface area (Å²) >= 11 is 5.84. The van der Waals surface area contributed by atoms with E-state index in [1.807, 2.05) is 0 Å². The average molecular weight is 309 g/mol. The summed E-state index contributed by atoms with van der Waals surface area (Å²) in [6.07, 6.45) is 3.77. The second-order valence-electron chi connectivity index (χ2n) is 4.67. The van der Waals surface area contributed by atoms with Crippen LogP contribution in [-0.4, -0.2) is 18.1 Å². The molecule has 1 unspecified atom stereocenters. The zero-order valence-corrected chi connectivity index (χ0v) is 12.6. The fourth-order valence-electron chi connectivity index (χ4n) is 1.96. The molecule has 5 heteroatoms. The van der Waals surface area contributed by atoms with Crippen molar-refractivity contribution >= 4 is 11.6 Å². The van der Waals surface area contributed by atoms with E-state index < -0.39 is 0 Å². The molecule has 1 heterocycles. The fraction of sp³-hybridized carbons (Fsp3) is 0.312. The van der Waals surface area contributed by atoms with Crippen molar-refractivity contribution in [3.8, 4) is 5.75 Å². The molecule has 1 aromatic carbocycles. The van der Waals surface area contributed by atoms with Crippen molar-refractivity contribution in [1.82, 2.24) is 10.3 Å². The van der Waals surface area contributed by atoms with Gasteiger partial charge in [0.15, 0.2) is 0 Å². The molecule has 0 spiro atoms. The highest BCUT2D eigenvalue weighted by Gasteiger charge is 2.16. The average Bonchev–Trinajstić information content (AvgIpc) is 2.50. The van der Waals surface area contributed by atoms with Gasteiger partial charge in [-0.15, -0.1) is 0 Å². The van der Waals surface area contributed by atoms with Crippen LogP contribution in [0.5, 0.6) is 5.75 Å². The van der Waals surface area contributed by atoms with Gasteiger partial charge in [0.2, 0.25) is 0 Å². The number of pyridine rings is 1. The number of aromatic nitrogens is 1. The maximum absolute atomic E-state index is 13.9. The van der Waals surface area contributed by atoms with E-state index in [-0.39, 0.29) is 11.9 Å². The van der Waals surface area contributed by atoms with Gasteiger partial charge >= 0.3 is 0 Å². The first-order chi connectivity index (χ1) is 10.2. The van der Waals surface area contributed by atoms with Gasteiger partial charge in [-0.3, -0.25) is 4.98 Å². The molecule has 1 atom stereocenters. The van der Waals surface area contributed by atoms with Gasteiger partial charge in [0.25, 0.3) is 0 Å². The van der Waals surface area contributed by atoms with Gasteiger partial charge in [-0.2, -0.15) is 0 Å². The standard InChI is InChI=1S/C16H18ClFN2O/c1-2-8-20-16(14-7-9-19-10-15(14)18)11-21-13-5-3-12(17)4-6-13/h3-7,9-10,16,20H,2,8,11H2,1H3. The van der Waals surface area contributed by atoms with Crippen LogP contribution in [0.15, 0.2) is 42.7 Å². The third kappa shape index (κ3) is 4.69. The molecule has 2 aromatic rings. The van der Waals surface area contributed by atoms with E-state index in [1.54, 1.807) is 36.5 Å². The fourth-order valence-corrected chi connectivity index (χ4v) is 2.08. The minimum absolute atomic E-state index is 0.219. The largest absolute Gasteiger partial charge is 0.492 e. The number of nitrogens with one attached hydrogen (secondary N) is 1. The zero-order chi connectivity index (χ0) is 15.1. The van der Waals surface area contributed by atoms with Crippen LogP contribution >= 0.6 is 11.6 Å². The van der Waals surface area contributed by atoms with Gasteiger partial charge < -0.3 is 10.1 Å². The Balaban J connectivity index is 2.06. The van der Waals surface area contributed by atoms with E-state index >= 15 is 0 Å². The highest BCUT2D eigenvalue weighted by molar-refractivity contribution is 6.30. The minimum Gasteiger partial charge on any atom is -0.492 e. The molecule has 0 radical (unpaired) electrons. The zero-order valence-electron chi connectivity index (χ0n) is 11.9. The number of nitrogens with zero attached hydrogens (tertiary/aromatic N) is 1.